The lowest BCUT2D eigenvalue weighted by atomic mass is 9.85. The van der Waals surface area contributed by atoms with Crippen molar-refractivity contribution >= 4 is 0 Å². The van der Waals surface area contributed by atoms with Crippen molar-refractivity contribution in [2.75, 3.05) is 0 Å². The molecule has 0 bridgehead atoms. The van der Waals surface area contributed by atoms with Gasteiger partial charge in [-0.1, -0.05) is 47.6 Å². The highest BCUT2D eigenvalue weighted by molar-refractivity contribution is 5.73. The molecule has 0 saturated carbocycles. The molecule has 152 valence electrons. The summed E-state index contributed by atoms with van der Waals surface area (Å²) in [7, 11) is 4.27. The van der Waals surface area contributed by atoms with E-state index >= 15 is 0 Å². The van der Waals surface area contributed by atoms with Crippen LogP contribution in [-0.2, 0) is 24.9 Å². The molecule has 1 aromatic carbocycles. The molecule has 0 aliphatic rings. The van der Waals surface area contributed by atoms with Crippen molar-refractivity contribution in [1.29, 1.82) is 0 Å². The zero-order valence-corrected chi connectivity index (χ0v) is 19.6. The quantitative estimate of drug-likeness (QED) is 0.507. The van der Waals surface area contributed by atoms with Gasteiger partial charge in [-0.05, 0) is 46.6 Å². The molecule has 0 radical (unpaired) electrons. The van der Waals surface area contributed by atoms with E-state index < -0.39 is 0 Å². The predicted octanol–water partition coefficient (Wildman–Crippen LogP) is 5.57. The average Bonchev–Trinajstić information content (AvgIpc) is 2.61. The smallest absolute Gasteiger partial charge is 0.201 e. The van der Waals surface area contributed by atoms with E-state index in [1.54, 1.807) is 0 Å². The second-order valence-corrected chi connectivity index (χ2v) is 10.3. The third kappa shape index (κ3) is 4.27. The van der Waals surface area contributed by atoms with Crippen molar-refractivity contribution in [2.24, 2.45) is 14.1 Å². The van der Waals surface area contributed by atoms with E-state index in [1.807, 2.05) is 0 Å². The third-order valence-electron chi connectivity index (χ3n) is 5.92. The maximum absolute atomic E-state index is 2.34. The number of hydrogen-bond donors (Lipinski definition) is 0. The van der Waals surface area contributed by atoms with Crippen LogP contribution in [0.2, 0.25) is 0 Å². The van der Waals surface area contributed by atoms with Crippen molar-refractivity contribution in [1.82, 2.24) is 0 Å². The lowest BCUT2D eigenvalue weighted by Gasteiger charge is -2.20. The Hall–Kier alpha value is -2.48. The summed E-state index contributed by atoms with van der Waals surface area (Å²) in [6, 6.07) is 15.8. The standard InChI is InChI=1S/C27H36N2/c1-19-22(24-17-20(26(2,3)4)13-15-28(24)8)11-10-12-23(19)25-18-21(27(5,6)7)14-16-29(25)9/h10-18H,1-9H3/q+2. The van der Waals surface area contributed by atoms with Gasteiger partial charge in [-0.2, -0.15) is 0 Å². The summed E-state index contributed by atoms with van der Waals surface area (Å²) in [5.74, 6) is 0. The van der Waals surface area contributed by atoms with E-state index in [2.05, 4.69) is 127 Å². The summed E-state index contributed by atoms with van der Waals surface area (Å²) in [5.41, 5.74) is 9.37. The van der Waals surface area contributed by atoms with Gasteiger partial charge in [-0.15, -0.1) is 0 Å². The minimum absolute atomic E-state index is 0.127. The van der Waals surface area contributed by atoms with E-state index in [1.165, 1.54) is 39.2 Å². The first-order valence-corrected chi connectivity index (χ1v) is 10.5. The highest BCUT2D eigenvalue weighted by atomic mass is 14.9. The molecule has 0 aliphatic heterocycles. The Morgan fingerprint density at radius 3 is 1.34 bits per heavy atom. The summed E-state index contributed by atoms with van der Waals surface area (Å²) in [6.07, 6.45) is 4.37. The lowest BCUT2D eigenvalue weighted by molar-refractivity contribution is -0.660. The number of pyridine rings is 2. The number of hydrogen-bond acceptors (Lipinski definition) is 0. The summed E-state index contributed by atoms with van der Waals surface area (Å²) >= 11 is 0. The van der Waals surface area contributed by atoms with Crippen molar-refractivity contribution in [3.05, 3.63) is 71.5 Å². The van der Waals surface area contributed by atoms with Gasteiger partial charge in [0, 0.05) is 35.4 Å². The fourth-order valence-corrected chi connectivity index (χ4v) is 3.80. The zero-order chi connectivity index (χ0) is 21.6. The van der Waals surface area contributed by atoms with Crippen LogP contribution in [0.25, 0.3) is 22.5 Å². The first-order valence-electron chi connectivity index (χ1n) is 10.5. The largest absolute Gasteiger partial charge is 0.212 e. The van der Waals surface area contributed by atoms with Crippen LogP contribution in [0, 0.1) is 6.92 Å². The first-order chi connectivity index (χ1) is 13.4. The van der Waals surface area contributed by atoms with Crippen LogP contribution in [0.4, 0.5) is 0 Å². The molecule has 0 N–H and O–H groups in total. The van der Waals surface area contributed by atoms with Gasteiger partial charge in [0.05, 0.1) is 0 Å². The topological polar surface area (TPSA) is 7.76 Å². The summed E-state index contributed by atoms with van der Waals surface area (Å²) in [6.45, 7) is 15.9. The monoisotopic (exact) mass is 388 g/mol. The summed E-state index contributed by atoms with van der Waals surface area (Å²) < 4.78 is 4.46. The molecule has 2 heteroatoms. The third-order valence-corrected chi connectivity index (χ3v) is 5.92. The number of aromatic nitrogens is 2. The minimum atomic E-state index is 0.127. The molecule has 0 aliphatic carbocycles. The van der Waals surface area contributed by atoms with Crippen molar-refractivity contribution in [3.8, 4) is 22.5 Å². The molecule has 0 atom stereocenters. The maximum Gasteiger partial charge on any atom is 0.212 e. The molecule has 0 spiro atoms. The van der Waals surface area contributed by atoms with Crippen LogP contribution < -0.4 is 9.13 Å². The molecule has 3 aromatic rings. The van der Waals surface area contributed by atoms with Gasteiger partial charge in [-0.25, -0.2) is 9.13 Å². The Morgan fingerprint density at radius 1 is 0.621 bits per heavy atom. The van der Waals surface area contributed by atoms with Crippen molar-refractivity contribution in [2.45, 2.75) is 59.3 Å². The molecular weight excluding hydrogens is 352 g/mol. The molecule has 0 amide bonds. The molecule has 0 fully saturated rings. The Balaban J connectivity index is 2.21. The summed E-state index contributed by atoms with van der Waals surface area (Å²) in [5, 5.41) is 0. The van der Waals surface area contributed by atoms with E-state index in [0.29, 0.717) is 0 Å². The van der Waals surface area contributed by atoms with Gasteiger partial charge >= 0.3 is 0 Å². The molecular formula is C27H36N2+2. The van der Waals surface area contributed by atoms with E-state index in [4.69, 9.17) is 0 Å². The summed E-state index contributed by atoms with van der Waals surface area (Å²) in [4.78, 5) is 0. The second-order valence-electron chi connectivity index (χ2n) is 10.3. The minimum Gasteiger partial charge on any atom is -0.201 e. The van der Waals surface area contributed by atoms with Gasteiger partial charge in [0.15, 0.2) is 12.4 Å². The SMILES string of the molecule is Cc1c(-c2cc(C(C)(C)C)cc[n+]2C)cccc1-c1cc(C(C)(C)C)cc[n+]1C. The van der Waals surface area contributed by atoms with E-state index in [9.17, 15) is 0 Å². The normalized spacial score (nSPS) is 12.3. The molecule has 0 unspecified atom stereocenters. The Bertz CT molecular complexity index is 965. The Labute approximate surface area is 176 Å². The maximum atomic E-state index is 2.34. The Kier molecular flexibility index (Phi) is 5.42. The highest BCUT2D eigenvalue weighted by Crippen LogP contribution is 2.32. The molecule has 29 heavy (non-hydrogen) atoms. The fourth-order valence-electron chi connectivity index (χ4n) is 3.80. The lowest BCUT2D eigenvalue weighted by Crippen LogP contribution is -2.33. The second kappa shape index (κ2) is 7.40. The van der Waals surface area contributed by atoms with E-state index in [0.717, 1.165) is 0 Å². The number of rotatable bonds is 2. The number of nitrogens with zero attached hydrogens (tertiary/aromatic N) is 2. The van der Waals surface area contributed by atoms with Crippen LogP contribution in [0.15, 0.2) is 54.9 Å². The number of aryl methyl sites for hydroxylation is 2. The van der Waals surface area contributed by atoms with Gasteiger partial charge in [0.1, 0.15) is 14.1 Å². The van der Waals surface area contributed by atoms with Crippen LogP contribution in [0.1, 0.15) is 58.2 Å². The Morgan fingerprint density at radius 2 is 1.00 bits per heavy atom. The zero-order valence-electron chi connectivity index (χ0n) is 19.6. The van der Waals surface area contributed by atoms with Crippen molar-refractivity contribution in [3.63, 3.8) is 0 Å². The molecule has 2 aromatic heterocycles. The molecule has 3 rings (SSSR count). The van der Waals surface area contributed by atoms with Gasteiger partial charge in [-0.3, -0.25) is 0 Å². The fraction of sp³-hybridized carbons (Fsp3) is 0.407. The van der Waals surface area contributed by atoms with Crippen LogP contribution in [0.3, 0.4) is 0 Å². The van der Waals surface area contributed by atoms with Crippen LogP contribution in [-0.4, -0.2) is 0 Å². The van der Waals surface area contributed by atoms with Crippen LogP contribution >= 0.6 is 0 Å². The highest BCUT2D eigenvalue weighted by Gasteiger charge is 2.24. The molecule has 2 heterocycles. The van der Waals surface area contributed by atoms with Gasteiger partial charge in [0.25, 0.3) is 0 Å². The van der Waals surface area contributed by atoms with Gasteiger partial charge < -0.3 is 0 Å². The molecule has 2 nitrogen and oxygen atoms in total. The van der Waals surface area contributed by atoms with Crippen molar-refractivity contribution < 1.29 is 9.13 Å². The average molecular weight is 389 g/mol. The number of benzene rings is 1. The van der Waals surface area contributed by atoms with Crippen LogP contribution in [0.5, 0.6) is 0 Å². The van der Waals surface area contributed by atoms with Gasteiger partial charge in [0.2, 0.25) is 11.4 Å². The molecule has 0 saturated heterocycles. The van der Waals surface area contributed by atoms with E-state index in [-0.39, 0.29) is 10.8 Å². The predicted molar refractivity (Wildman–Crippen MR) is 122 cm³/mol. The first kappa shape index (κ1) is 21.2.